The van der Waals surface area contributed by atoms with Gasteiger partial charge in [0.05, 0.1) is 4.92 Å². The molecule has 0 aliphatic heterocycles. The van der Waals surface area contributed by atoms with Crippen molar-refractivity contribution in [2.24, 2.45) is 0 Å². The highest BCUT2D eigenvalue weighted by atomic mass is 19.3. The number of aryl methyl sites for hydroxylation is 1. The quantitative estimate of drug-likeness (QED) is 0.634. The summed E-state index contributed by atoms with van der Waals surface area (Å²) >= 11 is 0. The molecule has 0 spiro atoms. The van der Waals surface area contributed by atoms with Crippen molar-refractivity contribution in [3.05, 3.63) is 33.1 Å². The molecule has 8 heteroatoms. The van der Waals surface area contributed by atoms with Crippen LogP contribution in [0.5, 0.6) is 0 Å². The Hall–Kier alpha value is -2.12. The minimum Gasteiger partial charge on any atom is -0.476 e. The standard InChI is InChI=1S/C8H6F2N2O4/c1-3-2-11-5(8(13)14)6(12(15)16)4(3)7(9)10/h2,7H,1H3,(H,13,14). The Morgan fingerprint density at radius 2 is 2.19 bits per heavy atom. The first-order valence-corrected chi connectivity index (χ1v) is 4.01. The number of pyridine rings is 1. The van der Waals surface area contributed by atoms with Crippen molar-refractivity contribution in [1.29, 1.82) is 0 Å². The van der Waals surface area contributed by atoms with Crippen LogP contribution in [0.3, 0.4) is 0 Å². The van der Waals surface area contributed by atoms with E-state index in [-0.39, 0.29) is 5.56 Å². The zero-order valence-corrected chi connectivity index (χ0v) is 7.98. The van der Waals surface area contributed by atoms with Gasteiger partial charge in [0.1, 0.15) is 5.56 Å². The van der Waals surface area contributed by atoms with Crippen LogP contribution in [-0.2, 0) is 0 Å². The maximum absolute atomic E-state index is 12.6. The van der Waals surface area contributed by atoms with Crippen LogP contribution in [0.1, 0.15) is 28.0 Å². The fraction of sp³-hybridized carbons (Fsp3) is 0.250. The molecule has 0 saturated heterocycles. The molecule has 16 heavy (non-hydrogen) atoms. The van der Waals surface area contributed by atoms with Gasteiger partial charge in [0.15, 0.2) is 0 Å². The van der Waals surface area contributed by atoms with Crippen molar-refractivity contribution in [2.45, 2.75) is 13.3 Å². The third kappa shape index (κ3) is 1.95. The Morgan fingerprint density at radius 3 is 2.56 bits per heavy atom. The lowest BCUT2D eigenvalue weighted by Gasteiger charge is -2.06. The molecule has 0 bridgehead atoms. The first-order valence-electron chi connectivity index (χ1n) is 4.01. The van der Waals surface area contributed by atoms with Crippen molar-refractivity contribution in [3.63, 3.8) is 0 Å². The lowest BCUT2D eigenvalue weighted by molar-refractivity contribution is -0.386. The van der Waals surface area contributed by atoms with Gasteiger partial charge in [0.25, 0.3) is 6.43 Å². The van der Waals surface area contributed by atoms with E-state index in [0.29, 0.717) is 0 Å². The van der Waals surface area contributed by atoms with Crippen LogP contribution in [0.25, 0.3) is 0 Å². The maximum Gasteiger partial charge on any atom is 0.361 e. The number of rotatable bonds is 3. The molecule has 0 unspecified atom stereocenters. The first kappa shape index (κ1) is 12.0. The third-order valence-corrected chi connectivity index (χ3v) is 1.89. The maximum atomic E-state index is 12.6. The van der Waals surface area contributed by atoms with Crippen LogP contribution in [0.4, 0.5) is 14.5 Å². The molecular weight excluding hydrogens is 226 g/mol. The molecule has 1 aromatic heterocycles. The van der Waals surface area contributed by atoms with Gasteiger partial charge in [0, 0.05) is 6.20 Å². The Labute approximate surface area is 87.7 Å². The molecule has 0 fully saturated rings. The number of hydrogen-bond acceptors (Lipinski definition) is 4. The second-order valence-corrected chi connectivity index (χ2v) is 2.92. The predicted octanol–water partition coefficient (Wildman–Crippen LogP) is 1.93. The van der Waals surface area contributed by atoms with Gasteiger partial charge in [-0.3, -0.25) is 10.1 Å². The normalized spacial score (nSPS) is 10.5. The number of nitro groups is 1. The second kappa shape index (κ2) is 4.17. The van der Waals surface area contributed by atoms with Crippen LogP contribution in [0.15, 0.2) is 6.20 Å². The number of nitrogens with zero attached hydrogens (tertiary/aromatic N) is 2. The number of halogens is 2. The summed E-state index contributed by atoms with van der Waals surface area (Å²) in [7, 11) is 0. The van der Waals surface area contributed by atoms with E-state index >= 15 is 0 Å². The molecule has 6 nitrogen and oxygen atoms in total. The summed E-state index contributed by atoms with van der Waals surface area (Å²) < 4.78 is 25.1. The Balaban J connectivity index is 3.63. The van der Waals surface area contributed by atoms with E-state index in [4.69, 9.17) is 5.11 Å². The molecule has 0 amide bonds. The fourth-order valence-electron chi connectivity index (χ4n) is 1.22. The lowest BCUT2D eigenvalue weighted by atomic mass is 10.1. The van der Waals surface area contributed by atoms with E-state index < -0.39 is 34.3 Å². The largest absolute Gasteiger partial charge is 0.476 e. The van der Waals surface area contributed by atoms with E-state index in [2.05, 4.69) is 4.98 Å². The SMILES string of the molecule is Cc1cnc(C(=O)O)c([N+](=O)[O-])c1C(F)F. The molecule has 0 saturated carbocycles. The number of carboxylic acids is 1. The average molecular weight is 232 g/mol. The van der Waals surface area contributed by atoms with E-state index in [9.17, 15) is 23.7 Å². The Kier molecular flexibility index (Phi) is 3.11. The summed E-state index contributed by atoms with van der Waals surface area (Å²) in [5, 5.41) is 19.2. The highest BCUT2D eigenvalue weighted by Crippen LogP contribution is 2.33. The summed E-state index contributed by atoms with van der Waals surface area (Å²) in [4.78, 5) is 23.3. The molecule has 0 atom stereocenters. The number of aromatic nitrogens is 1. The van der Waals surface area contributed by atoms with Crippen molar-refractivity contribution in [1.82, 2.24) is 4.98 Å². The smallest absolute Gasteiger partial charge is 0.361 e. The summed E-state index contributed by atoms with van der Waals surface area (Å²) in [5.74, 6) is -1.71. The highest BCUT2D eigenvalue weighted by Gasteiger charge is 2.32. The van der Waals surface area contributed by atoms with Crippen LogP contribution < -0.4 is 0 Å². The van der Waals surface area contributed by atoms with Crippen LogP contribution >= 0.6 is 0 Å². The second-order valence-electron chi connectivity index (χ2n) is 2.92. The van der Waals surface area contributed by atoms with Gasteiger partial charge in [0.2, 0.25) is 5.69 Å². The molecule has 1 rings (SSSR count). The number of aromatic carboxylic acids is 1. The van der Waals surface area contributed by atoms with Crippen molar-refractivity contribution < 1.29 is 23.6 Å². The molecule has 0 aliphatic rings. The van der Waals surface area contributed by atoms with Crippen molar-refractivity contribution in [3.8, 4) is 0 Å². The van der Waals surface area contributed by atoms with Crippen molar-refractivity contribution >= 4 is 11.7 Å². The summed E-state index contributed by atoms with van der Waals surface area (Å²) in [6.07, 6.45) is -2.25. The van der Waals surface area contributed by atoms with E-state index in [0.717, 1.165) is 6.20 Å². The molecule has 1 aromatic rings. The predicted molar refractivity (Wildman–Crippen MR) is 47.5 cm³/mol. The molecule has 1 N–H and O–H groups in total. The Morgan fingerprint density at radius 1 is 1.62 bits per heavy atom. The minimum atomic E-state index is -3.12. The molecule has 86 valence electrons. The van der Waals surface area contributed by atoms with Gasteiger partial charge >= 0.3 is 11.7 Å². The van der Waals surface area contributed by atoms with Gasteiger partial charge < -0.3 is 5.11 Å². The summed E-state index contributed by atoms with van der Waals surface area (Å²) in [5.41, 5.74) is -3.16. The van der Waals surface area contributed by atoms with Crippen LogP contribution in [0.2, 0.25) is 0 Å². The monoisotopic (exact) mass is 232 g/mol. The third-order valence-electron chi connectivity index (χ3n) is 1.89. The van der Waals surface area contributed by atoms with Gasteiger partial charge in [-0.05, 0) is 12.5 Å². The van der Waals surface area contributed by atoms with Crippen molar-refractivity contribution in [2.75, 3.05) is 0 Å². The number of carbonyl (C=O) groups is 1. The average Bonchev–Trinajstić information content (AvgIpc) is 2.15. The molecule has 0 aromatic carbocycles. The zero-order chi connectivity index (χ0) is 12.5. The zero-order valence-electron chi connectivity index (χ0n) is 7.98. The summed E-state index contributed by atoms with van der Waals surface area (Å²) in [6.45, 7) is 1.20. The minimum absolute atomic E-state index is 0.119. The topological polar surface area (TPSA) is 93.3 Å². The van der Waals surface area contributed by atoms with Gasteiger partial charge in [-0.1, -0.05) is 0 Å². The number of alkyl halides is 2. The Bertz CT molecular complexity index is 462. The summed E-state index contributed by atoms with van der Waals surface area (Å²) in [6, 6.07) is 0. The molecule has 0 radical (unpaired) electrons. The van der Waals surface area contributed by atoms with Gasteiger partial charge in [-0.15, -0.1) is 0 Å². The van der Waals surface area contributed by atoms with Gasteiger partial charge in [-0.25, -0.2) is 18.6 Å². The van der Waals surface area contributed by atoms with E-state index in [1.54, 1.807) is 0 Å². The van der Waals surface area contributed by atoms with Crippen LogP contribution in [-0.4, -0.2) is 21.0 Å². The molecule has 0 aliphatic carbocycles. The number of carboxylic acid groups (broad SMARTS) is 1. The first-order chi connectivity index (χ1) is 7.36. The fourth-order valence-corrected chi connectivity index (χ4v) is 1.22. The lowest BCUT2D eigenvalue weighted by Crippen LogP contribution is -2.10. The molecule has 1 heterocycles. The highest BCUT2D eigenvalue weighted by molar-refractivity contribution is 5.90. The molecular formula is C8H6F2N2O4. The van der Waals surface area contributed by atoms with E-state index in [1.165, 1.54) is 6.92 Å². The number of hydrogen-bond donors (Lipinski definition) is 1. The van der Waals surface area contributed by atoms with E-state index in [1.807, 2.05) is 0 Å². The van der Waals surface area contributed by atoms with Gasteiger partial charge in [-0.2, -0.15) is 0 Å². The van der Waals surface area contributed by atoms with Crippen LogP contribution in [0, 0.1) is 17.0 Å².